The standard InChI is InChI=1S/C24H23N3O3S/c1-19-8-12-22(13-9-19)27(17-21-6-4-3-5-7-21)24(28)18-26(2)31(29,30)23-14-10-20(16-25)11-15-23/h3-15H,17-18H2,1-2H3. The van der Waals surface area contributed by atoms with Crippen molar-refractivity contribution in [1.82, 2.24) is 4.31 Å². The van der Waals surface area contributed by atoms with Gasteiger partial charge in [-0.05, 0) is 48.9 Å². The molecule has 0 aromatic heterocycles. The van der Waals surface area contributed by atoms with E-state index < -0.39 is 10.0 Å². The summed E-state index contributed by atoms with van der Waals surface area (Å²) < 4.78 is 26.8. The molecule has 0 aliphatic heterocycles. The highest BCUT2D eigenvalue weighted by Crippen LogP contribution is 2.20. The normalized spacial score (nSPS) is 11.2. The van der Waals surface area contributed by atoms with Gasteiger partial charge in [-0.25, -0.2) is 8.42 Å². The highest BCUT2D eigenvalue weighted by molar-refractivity contribution is 7.89. The lowest BCUT2D eigenvalue weighted by Crippen LogP contribution is -2.41. The van der Waals surface area contributed by atoms with Gasteiger partial charge in [-0.15, -0.1) is 0 Å². The van der Waals surface area contributed by atoms with Gasteiger partial charge in [-0.1, -0.05) is 48.0 Å². The van der Waals surface area contributed by atoms with Crippen LogP contribution in [0.15, 0.2) is 83.8 Å². The van der Waals surface area contributed by atoms with E-state index in [1.807, 2.05) is 67.6 Å². The molecule has 0 atom stereocenters. The van der Waals surface area contributed by atoms with Crippen molar-refractivity contribution in [3.05, 3.63) is 95.6 Å². The van der Waals surface area contributed by atoms with Gasteiger partial charge in [0.05, 0.1) is 29.6 Å². The minimum atomic E-state index is -3.88. The molecule has 0 saturated heterocycles. The number of anilines is 1. The fourth-order valence-corrected chi connectivity index (χ4v) is 4.18. The lowest BCUT2D eigenvalue weighted by molar-refractivity contribution is -0.118. The zero-order valence-electron chi connectivity index (χ0n) is 17.4. The van der Waals surface area contributed by atoms with Crippen molar-refractivity contribution >= 4 is 21.6 Å². The molecule has 3 aromatic rings. The number of likely N-dealkylation sites (N-methyl/N-ethyl adjacent to an activating group) is 1. The Labute approximate surface area is 183 Å². The summed E-state index contributed by atoms with van der Waals surface area (Å²) in [6, 6.07) is 24.7. The SMILES string of the molecule is Cc1ccc(N(Cc2ccccc2)C(=O)CN(C)S(=O)(=O)c2ccc(C#N)cc2)cc1. The van der Waals surface area contributed by atoms with Crippen LogP contribution >= 0.6 is 0 Å². The summed E-state index contributed by atoms with van der Waals surface area (Å²) >= 11 is 0. The fourth-order valence-electron chi connectivity index (χ4n) is 3.06. The van der Waals surface area contributed by atoms with E-state index in [1.165, 1.54) is 31.3 Å². The zero-order valence-corrected chi connectivity index (χ0v) is 18.2. The Morgan fingerprint density at radius 2 is 1.55 bits per heavy atom. The van der Waals surface area contributed by atoms with Crippen LogP contribution in [-0.2, 0) is 21.4 Å². The second kappa shape index (κ2) is 9.56. The van der Waals surface area contributed by atoms with Gasteiger partial charge in [0.15, 0.2) is 0 Å². The van der Waals surface area contributed by atoms with Crippen LogP contribution in [0, 0.1) is 18.3 Å². The Hall–Kier alpha value is -3.47. The molecule has 6 nitrogen and oxygen atoms in total. The zero-order chi connectivity index (χ0) is 22.4. The third kappa shape index (κ3) is 5.37. The lowest BCUT2D eigenvalue weighted by atomic mass is 10.1. The average Bonchev–Trinajstić information content (AvgIpc) is 2.78. The topological polar surface area (TPSA) is 81.5 Å². The molecule has 0 N–H and O–H groups in total. The maximum Gasteiger partial charge on any atom is 0.243 e. The predicted octanol–water partition coefficient (Wildman–Crippen LogP) is 3.72. The molecule has 3 aromatic carbocycles. The number of carbonyl (C=O) groups is 1. The van der Waals surface area contributed by atoms with Crippen LogP contribution in [0.25, 0.3) is 0 Å². The van der Waals surface area contributed by atoms with Crippen molar-refractivity contribution in [1.29, 1.82) is 5.26 Å². The van der Waals surface area contributed by atoms with E-state index in [2.05, 4.69) is 0 Å². The molecule has 3 rings (SSSR count). The third-order valence-corrected chi connectivity index (χ3v) is 6.70. The molecular formula is C24H23N3O3S. The Bertz CT molecular complexity index is 1180. The van der Waals surface area contributed by atoms with E-state index in [0.717, 1.165) is 15.4 Å². The van der Waals surface area contributed by atoms with E-state index in [1.54, 1.807) is 4.90 Å². The van der Waals surface area contributed by atoms with Crippen LogP contribution in [0.5, 0.6) is 0 Å². The summed E-state index contributed by atoms with van der Waals surface area (Å²) in [6.07, 6.45) is 0. The number of sulfonamides is 1. The fraction of sp³-hybridized carbons (Fsp3) is 0.167. The van der Waals surface area contributed by atoms with Gasteiger partial charge in [-0.2, -0.15) is 9.57 Å². The van der Waals surface area contributed by atoms with Crippen LogP contribution in [0.1, 0.15) is 16.7 Å². The monoisotopic (exact) mass is 433 g/mol. The number of carbonyl (C=O) groups excluding carboxylic acids is 1. The first kappa shape index (κ1) is 22.2. The predicted molar refractivity (Wildman–Crippen MR) is 120 cm³/mol. The number of aryl methyl sites for hydroxylation is 1. The Kier molecular flexibility index (Phi) is 6.85. The van der Waals surface area contributed by atoms with E-state index in [4.69, 9.17) is 5.26 Å². The molecule has 7 heteroatoms. The average molecular weight is 434 g/mol. The third-order valence-electron chi connectivity index (χ3n) is 4.88. The summed E-state index contributed by atoms with van der Waals surface area (Å²) in [7, 11) is -2.50. The molecule has 0 aliphatic carbocycles. The number of benzene rings is 3. The molecule has 1 amide bonds. The Morgan fingerprint density at radius 3 is 2.13 bits per heavy atom. The van der Waals surface area contributed by atoms with Gasteiger partial charge in [0.25, 0.3) is 0 Å². The molecule has 0 radical (unpaired) electrons. The van der Waals surface area contributed by atoms with Crippen molar-refractivity contribution in [2.24, 2.45) is 0 Å². The van der Waals surface area contributed by atoms with Crippen molar-refractivity contribution in [3.8, 4) is 6.07 Å². The minimum Gasteiger partial charge on any atom is -0.307 e. The molecule has 0 aliphatic rings. The molecule has 0 fully saturated rings. The maximum absolute atomic E-state index is 13.2. The smallest absolute Gasteiger partial charge is 0.243 e. The summed E-state index contributed by atoms with van der Waals surface area (Å²) in [5.74, 6) is -0.340. The van der Waals surface area contributed by atoms with Gasteiger partial charge in [0.2, 0.25) is 15.9 Å². The van der Waals surface area contributed by atoms with Crippen LogP contribution in [-0.4, -0.2) is 32.2 Å². The summed E-state index contributed by atoms with van der Waals surface area (Å²) in [5, 5.41) is 8.91. The van der Waals surface area contributed by atoms with Crippen LogP contribution < -0.4 is 4.90 Å². The molecule has 0 unspecified atom stereocenters. The molecule has 0 heterocycles. The molecular weight excluding hydrogens is 410 g/mol. The second-order valence-electron chi connectivity index (χ2n) is 7.20. The van der Waals surface area contributed by atoms with Crippen LogP contribution in [0.4, 0.5) is 5.69 Å². The Morgan fingerprint density at radius 1 is 0.935 bits per heavy atom. The number of hydrogen-bond donors (Lipinski definition) is 0. The number of nitriles is 1. The first-order chi connectivity index (χ1) is 14.8. The minimum absolute atomic E-state index is 0.0340. The Balaban J connectivity index is 1.84. The molecule has 0 bridgehead atoms. The van der Waals surface area contributed by atoms with Crippen LogP contribution in [0.2, 0.25) is 0 Å². The number of amides is 1. The van der Waals surface area contributed by atoms with Gasteiger partial charge in [0, 0.05) is 12.7 Å². The molecule has 0 saturated carbocycles. The van der Waals surface area contributed by atoms with E-state index in [-0.39, 0.29) is 17.3 Å². The first-order valence-electron chi connectivity index (χ1n) is 9.69. The summed E-state index contributed by atoms with van der Waals surface area (Å²) in [5.41, 5.74) is 3.07. The van der Waals surface area contributed by atoms with E-state index >= 15 is 0 Å². The van der Waals surface area contributed by atoms with Crippen molar-refractivity contribution < 1.29 is 13.2 Å². The molecule has 31 heavy (non-hydrogen) atoms. The number of rotatable bonds is 7. The van der Waals surface area contributed by atoms with Gasteiger partial charge in [-0.3, -0.25) is 4.79 Å². The molecule has 158 valence electrons. The van der Waals surface area contributed by atoms with Crippen molar-refractivity contribution in [2.45, 2.75) is 18.4 Å². The van der Waals surface area contributed by atoms with Crippen LogP contribution in [0.3, 0.4) is 0 Å². The summed E-state index contributed by atoms with van der Waals surface area (Å²) in [4.78, 5) is 14.8. The number of hydrogen-bond acceptors (Lipinski definition) is 4. The second-order valence-corrected chi connectivity index (χ2v) is 9.24. The van der Waals surface area contributed by atoms with Gasteiger partial charge < -0.3 is 4.90 Å². The van der Waals surface area contributed by atoms with Gasteiger partial charge >= 0.3 is 0 Å². The largest absolute Gasteiger partial charge is 0.307 e. The highest BCUT2D eigenvalue weighted by Gasteiger charge is 2.26. The highest BCUT2D eigenvalue weighted by atomic mass is 32.2. The van der Waals surface area contributed by atoms with Crippen molar-refractivity contribution in [2.75, 3.05) is 18.5 Å². The quantitative estimate of drug-likeness (QED) is 0.569. The summed E-state index contributed by atoms with van der Waals surface area (Å²) in [6.45, 7) is 1.97. The molecule has 0 spiro atoms. The first-order valence-corrected chi connectivity index (χ1v) is 11.1. The van der Waals surface area contributed by atoms with E-state index in [9.17, 15) is 13.2 Å². The number of nitrogens with zero attached hydrogens (tertiary/aromatic N) is 3. The van der Waals surface area contributed by atoms with Gasteiger partial charge in [0.1, 0.15) is 0 Å². The lowest BCUT2D eigenvalue weighted by Gasteiger charge is -2.26. The van der Waals surface area contributed by atoms with E-state index in [0.29, 0.717) is 17.8 Å². The maximum atomic E-state index is 13.2. The van der Waals surface area contributed by atoms with Crippen molar-refractivity contribution in [3.63, 3.8) is 0 Å².